The second-order valence-corrected chi connectivity index (χ2v) is 5.72. The first kappa shape index (κ1) is 17.7. The van der Waals surface area contributed by atoms with Crippen molar-refractivity contribution in [3.63, 3.8) is 0 Å². The van der Waals surface area contributed by atoms with Gasteiger partial charge in [-0.1, -0.05) is 17.7 Å². The van der Waals surface area contributed by atoms with Crippen LogP contribution in [0.1, 0.15) is 15.9 Å². The van der Waals surface area contributed by atoms with E-state index >= 15 is 0 Å². The minimum Gasteiger partial charge on any atom is -0.497 e. The van der Waals surface area contributed by atoms with Gasteiger partial charge in [0, 0.05) is 22.6 Å². The molecule has 1 N–H and O–H groups in total. The van der Waals surface area contributed by atoms with Gasteiger partial charge in [0.1, 0.15) is 16.7 Å². The highest BCUT2D eigenvalue weighted by Crippen LogP contribution is 2.23. The van der Waals surface area contributed by atoms with Gasteiger partial charge < -0.3 is 9.47 Å². The van der Waals surface area contributed by atoms with Crippen LogP contribution in [0.5, 0.6) is 11.5 Å². The molecule has 0 saturated carbocycles. The molecule has 1 amide bonds. The summed E-state index contributed by atoms with van der Waals surface area (Å²) in [5.74, 6) is 0.946. The molecule has 1 heterocycles. The number of nitrogens with zero attached hydrogens (tertiary/aromatic N) is 2. The van der Waals surface area contributed by atoms with Crippen molar-refractivity contribution in [1.29, 1.82) is 0 Å². The predicted octanol–water partition coefficient (Wildman–Crippen LogP) is 3.67. The zero-order valence-corrected chi connectivity index (χ0v) is 14.9. The van der Waals surface area contributed by atoms with Crippen LogP contribution in [-0.4, -0.2) is 31.3 Å². The number of hydrogen-bond acceptors (Lipinski definition) is 5. The number of fused-ring (bicyclic) bond motifs is 1. The van der Waals surface area contributed by atoms with Gasteiger partial charge >= 0.3 is 0 Å². The van der Waals surface area contributed by atoms with Crippen LogP contribution in [0.25, 0.3) is 10.9 Å². The highest BCUT2D eigenvalue weighted by Gasteiger charge is 2.07. The van der Waals surface area contributed by atoms with Crippen molar-refractivity contribution >= 4 is 34.6 Å². The van der Waals surface area contributed by atoms with Crippen molar-refractivity contribution in [2.75, 3.05) is 14.2 Å². The van der Waals surface area contributed by atoms with Crippen molar-refractivity contribution in [3.05, 3.63) is 64.8 Å². The van der Waals surface area contributed by atoms with Gasteiger partial charge in [-0.25, -0.2) is 10.4 Å². The molecule has 0 bridgehead atoms. The molecule has 1 aromatic heterocycles. The van der Waals surface area contributed by atoms with E-state index in [-0.39, 0.29) is 11.1 Å². The Labute approximate surface area is 155 Å². The van der Waals surface area contributed by atoms with Gasteiger partial charge in [0.2, 0.25) is 0 Å². The zero-order chi connectivity index (χ0) is 18.5. The lowest BCUT2D eigenvalue weighted by Gasteiger charge is -2.05. The molecule has 3 rings (SSSR count). The third-order valence-electron chi connectivity index (χ3n) is 3.71. The lowest BCUT2D eigenvalue weighted by atomic mass is 10.1. The maximum atomic E-state index is 12.1. The highest BCUT2D eigenvalue weighted by atomic mass is 35.5. The fraction of sp³-hybridized carbons (Fsp3) is 0.105. The molecular formula is C19H16ClN3O3. The quantitative estimate of drug-likeness (QED) is 0.423. The summed E-state index contributed by atoms with van der Waals surface area (Å²) in [4.78, 5) is 16.5. The number of pyridine rings is 1. The first-order chi connectivity index (χ1) is 12.6. The molecule has 26 heavy (non-hydrogen) atoms. The Hall–Kier alpha value is -3.12. The van der Waals surface area contributed by atoms with Gasteiger partial charge in [0.25, 0.3) is 5.91 Å². The Kier molecular flexibility index (Phi) is 5.34. The van der Waals surface area contributed by atoms with Gasteiger partial charge in [-0.05, 0) is 36.4 Å². The average molecular weight is 370 g/mol. The summed E-state index contributed by atoms with van der Waals surface area (Å²) < 4.78 is 10.3. The molecule has 0 spiro atoms. The van der Waals surface area contributed by atoms with Crippen molar-refractivity contribution in [1.82, 2.24) is 10.4 Å². The lowest BCUT2D eigenvalue weighted by Crippen LogP contribution is -2.17. The first-order valence-electron chi connectivity index (χ1n) is 7.72. The second kappa shape index (κ2) is 7.84. The number of halogens is 1. The molecule has 7 heteroatoms. The van der Waals surface area contributed by atoms with Gasteiger partial charge in [0.15, 0.2) is 0 Å². The van der Waals surface area contributed by atoms with E-state index in [1.165, 1.54) is 6.21 Å². The summed E-state index contributed by atoms with van der Waals surface area (Å²) in [6.07, 6.45) is 1.46. The monoisotopic (exact) mass is 369 g/mol. The van der Waals surface area contributed by atoms with E-state index in [0.717, 1.165) is 5.39 Å². The number of carbonyl (C=O) groups is 1. The number of benzene rings is 2. The van der Waals surface area contributed by atoms with Gasteiger partial charge in [-0.15, -0.1) is 0 Å². The molecule has 132 valence electrons. The van der Waals surface area contributed by atoms with Crippen LogP contribution in [0.3, 0.4) is 0 Å². The smallest absolute Gasteiger partial charge is 0.271 e. The molecule has 3 aromatic rings. The molecule has 0 aliphatic carbocycles. The van der Waals surface area contributed by atoms with E-state index in [1.54, 1.807) is 44.6 Å². The number of ether oxygens (including phenoxy) is 2. The van der Waals surface area contributed by atoms with Gasteiger partial charge in [0.05, 0.1) is 26.0 Å². The topological polar surface area (TPSA) is 72.8 Å². The Morgan fingerprint density at radius 1 is 1.12 bits per heavy atom. The summed E-state index contributed by atoms with van der Waals surface area (Å²) >= 11 is 6.20. The molecule has 2 aromatic carbocycles. The normalized spacial score (nSPS) is 10.9. The van der Waals surface area contributed by atoms with Crippen LogP contribution in [0.4, 0.5) is 0 Å². The van der Waals surface area contributed by atoms with Crippen molar-refractivity contribution in [2.24, 2.45) is 5.10 Å². The molecule has 0 aliphatic rings. The third kappa shape index (κ3) is 3.92. The highest BCUT2D eigenvalue weighted by molar-refractivity contribution is 6.32. The Balaban J connectivity index is 1.77. The predicted molar refractivity (Wildman–Crippen MR) is 101 cm³/mol. The second-order valence-electron chi connectivity index (χ2n) is 5.36. The van der Waals surface area contributed by atoms with Crippen LogP contribution in [0.2, 0.25) is 5.15 Å². The SMILES string of the molecule is COc1cccc(C(=O)N/N=C\c2cc3ccc(OC)cc3nc2Cl)c1. The molecule has 6 nitrogen and oxygen atoms in total. The minimum atomic E-state index is -0.352. The summed E-state index contributed by atoms with van der Waals surface area (Å²) in [7, 11) is 3.13. The number of methoxy groups -OCH3 is 2. The number of carbonyl (C=O) groups excluding carboxylic acids is 1. The van der Waals surface area contributed by atoms with Crippen molar-refractivity contribution < 1.29 is 14.3 Å². The molecule has 0 saturated heterocycles. The van der Waals surface area contributed by atoms with Crippen LogP contribution < -0.4 is 14.9 Å². The maximum Gasteiger partial charge on any atom is 0.271 e. The largest absolute Gasteiger partial charge is 0.497 e. The minimum absolute atomic E-state index is 0.283. The Morgan fingerprint density at radius 3 is 2.65 bits per heavy atom. The summed E-state index contributed by atoms with van der Waals surface area (Å²) in [5, 5.41) is 5.13. The summed E-state index contributed by atoms with van der Waals surface area (Å²) in [5.41, 5.74) is 4.21. The molecule has 0 radical (unpaired) electrons. The average Bonchev–Trinajstić information content (AvgIpc) is 2.67. The summed E-state index contributed by atoms with van der Waals surface area (Å²) in [6.45, 7) is 0. The number of hydrogen-bond donors (Lipinski definition) is 1. The fourth-order valence-electron chi connectivity index (χ4n) is 2.35. The fourth-order valence-corrected chi connectivity index (χ4v) is 2.54. The molecule has 0 fully saturated rings. The van der Waals surface area contributed by atoms with Gasteiger partial charge in [-0.2, -0.15) is 5.10 Å². The van der Waals surface area contributed by atoms with E-state index in [1.807, 2.05) is 18.2 Å². The van der Waals surface area contributed by atoms with Crippen molar-refractivity contribution in [2.45, 2.75) is 0 Å². The Morgan fingerprint density at radius 2 is 1.88 bits per heavy atom. The van der Waals surface area contributed by atoms with Crippen LogP contribution in [-0.2, 0) is 0 Å². The van der Waals surface area contributed by atoms with Gasteiger partial charge in [-0.3, -0.25) is 4.79 Å². The van der Waals surface area contributed by atoms with Crippen LogP contribution in [0.15, 0.2) is 53.6 Å². The molecule has 0 atom stereocenters. The standard InChI is InChI=1S/C19H16ClN3O3/c1-25-15-5-3-4-13(9-15)19(24)23-21-11-14-8-12-6-7-16(26-2)10-17(12)22-18(14)20/h3-11H,1-2H3,(H,23,24)/b21-11-. The van der Waals surface area contributed by atoms with E-state index in [0.29, 0.717) is 28.1 Å². The zero-order valence-electron chi connectivity index (χ0n) is 14.2. The number of amides is 1. The molecular weight excluding hydrogens is 354 g/mol. The number of aromatic nitrogens is 1. The van der Waals surface area contributed by atoms with Crippen LogP contribution in [0, 0.1) is 0 Å². The van der Waals surface area contributed by atoms with E-state index in [9.17, 15) is 4.79 Å². The maximum absolute atomic E-state index is 12.1. The number of hydrazone groups is 1. The summed E-state index contributed by atoms with van der Waals surface area (Å²) in [6, 6.07) is 14.1. The Bertz CT molecular complexity index is 989. The third-order valence-corrected chi connectivity index (χ3v) is 4.01. The first-order valence-corrected chi connectivity index (χ1v) is 8.10. The van der Waals surface area contributed by atoms with Crippen LogP contribution >= 0.6 is 11.6 Å². The number of rotatable bonds is 5. The molecule has 0 unspecified atom stereocenters. The number of nitrogens with one attached hydrogen (secondary N) is 1. The van der Waals surface area contributed by atoms with E-state index in [4.69, 9.17) is 21.1 Å². The van der Waals surface area contributed by atoms with Crippen molar-refractivity contribution in [3.8, 4) is 11.5 Å². The van der Waals surface area contributed by atoms with E-state index in [2.05, 4.69) is 15.5 Å². The van der Waals surface area contributed by atoms with E-state index < -0.39 is 0 Å². The lowest BCUT2D eigenvalue weighted by molar-refractivity contribution is 0.0955. The molecule has 0 aliphatic heterocycles.